The van der Waals surface area contributed by atoms with Crippen LogP contribution in [0.2, 0.25) is 0 Å². The predicted molar refractivity (Wildman–Crippen MR) is 45.2 cm³/mol. The number of primary amides is 2. The second kappa shape index (κ2) is 15.8. The summed E-state index contributed by atoms with van der Waals surface area (Å²) in [7, 11) is 0. The Balaban J connectivity index is -0.0000000886. The summed E-state index contributed by atoms with van der Waals surface area (Å²) < 4.78 is 0. The van der Waals surface area contributed by atoms with Crippen molar-refractivity contribution in [2.24, 2.45) is 22.9 Å². The van der Waals surface area contributed by atoms with Gasteiger partial charge in [-0.1, -0.05) is 0 Å². The minimum atomic E-state index is -0.833. The first-order chi connectivity index (χ1) is 4.88. The van der Waals surface area contributed by atoms with Crippen molar-refractivity contribution >= 4 is 29.4 Å². The molecule has 0 aromatic heterocycles. The molecule has 0 aliphatic carbocycles. The zero-order valence-corrected chi connectivity index (χ0v) is 6.44. The Morgan fingerprint density at radius 3 is 1.27 bits per heavy atom. The molecular weight excluding hydrogens is 168 g/mol. The standard InChI is InChI=1S/CH5N3.CH4N2O.CHNS/c2*2-1(3)4;2-1-3/h(H5,2,3,4);(H4,2,3,4);2H. The molecule has 11 heavy (non-hydrogen) atoms. The average molecular weight is 178 g/mol. The van der Waals surface area contributed by atoms with Crippen molar-refractivity contribution in [1.29, 1.82) is 10.8 Å². The lowest BCUT2D eigenvalue weighted by atomic mass is 11.1. The molecular formula is C3H10N6OS. The zero-order valence-electron chi connectivity index (χ0n) is 5.63. The molecule has 0 radical (unpaired) electrons. The molecule has 0 saturated carbocycles. The van der Waals surface area contributed by atoms with E-state index in [4.69, 9.17) is 15.6 Å². The van der Waals surface area contributed by atoms with Crippen molar-refractivity contribution in [2.45, 2.75) is 0 Å². The Labute approximate surface area is 68.7 Å². The third kappa shape index (κ3) is 122. The monoisotopic (exact) mass is 178 g/mol. The number of amides is 2. The van der Waals surface area contributed by atoms with E-state index in [-0.39, 0.29) is 5.96 Å². The van der Waals surface area contributed by atoms with Crippen molar-refractivity contribution in [2.75, 3.05) is 0 Å². The minimum absolute atomic E-state index is 0.333. The first kappa shape index (κ1) is 16.2. The van der Waals surface area contributed by atoms with Crippen LogP contribution in [0.1, 0.15) is 0 Å². The van der Waals surface area contributed by atoms with Gasteiger partial charge in [0.2, 0.25) is 0 Å². The second-order valence-electron chi connectivity index (χ2n) is 0.960. The Morgan fingerprint density at radius 1 is 1.27 bits per heavy atom. The molecule has 10 N–H and O–H groups in total. The predicted octanol–water partition coefficient (Wildman–Crippen LogP) is -1.47. The molecule has 2 amide bonds. The fourth-order valence-electron chi connectivity index (χ4n) is 0. The van der Waals surface area contributed by atoms with Crippen LogP contribution in [-0.4, -0.2) is 17.2 Å². The summed E-state index contributed by atoms with van der Waals surface area (Å²) in [4.78, 5) is 9.00. The van der Waals surface area contributed by atoms with Crippen molar-refractivity contribution in [3.63, 3.8) is 0 Å². The van der Waals surface area contributed by atoms with Crippen molar-refractivity contribution in [3.05, 3.63) is 0 Å². The highest BCUT2D eigenvalue weighted by molar-refractivity contribution is 7.78. The first-order valence-electron chi connectivity index (χ1n) is 2.06. The Kier molecular flexibility index (Phi) is 23.2. The molecule has 0 heterocycles. The van der Waals surface area contributed by atoms with Crippen LogP contribution in [0.4, 0.5) is 4.79 Å². The molecule has 64 valence electrons. The molecule has 0 rings (SSSR count). The molecule has 0 atom stereocenters. The third-order valence-electron chi connectivity index (χ3n) is 0. The van der Waals surface area contributed by atoms with E-state index < -0.39 is 6.03 Å². The molecule has 0 unspecified atom stereocenters. The van der Waals surface area contributed by atoms with Crippen LogP contribution >= 0.6 is 12.2 Å². The van der Waals surface area contributed by atoms with Crippen LogP contribution in [0, 0.1) is 10.8 Å². The molecule has 0 aliphatic rings. The van der Waals surface area contributed by atoms with Gasteiger partial charge in [0.1, 0.15) is 0 Å². The van der Waals surface area contributed by atoms with Crippen molar-refractivity contribution in [3.8, 4) is 0 Å². The lowest BCUT2D eigenvalue weighted by Crippen LogP contribution is -2.20. The minimum Gasteiger partial charge on any atom is -0.370 e. The maximum absolute atomic E-state index is 9.00. The van der Waals surface area contributed by atoms with Crippen LogP contribution in [0.3, 0.4) is 0 Å². The summed E-state index contributed by atoms with van der Waals surface area (Å²) in [6.07, 6.45) is 0. The van der Waals surface area contributed by atoms with Crippen LogP contribution in [-0.2, 0) is 0 Å². The molecule has 0 aliphatic heterocycles. The van der Waals surface area contributed by atoms with Gasteiger partial charge < -0.3 is 22.9 Å². The van der Waals surface area contributed by atoms with E-state index in [0.29, 0.717) is 0 Å². The van der Waals surface area contributed by atoms with Gasteiger partial charge >= 0.3 is 6.03 Å². The van der Waals surface area contributed by atoms with E-state index in [1.54, 1.807) is 5.16 Å². The maximum Gasteiger partial charge on any atom is 0.309 e. The number of urea groups is 1. The highest BCUT2D eigenvalue weighted by atomic mass is 32.1. The van der Waals surface area contributed by atoms with Gasteiger partial charge in [-0.05, 0) is 12.2 Å². The highest BCUT2D eigenvalue weighted by Crippen LogP contribution is 1.25. The van der Waals surface area contributed by atoms with Gasteiger partial charge in [-0.3, -0.25) is 5.41 Å². The first-order valence-corrected chi connectivity index (χ1v) is 2.47. The van der Waals surface area contributed by atoms with E-state index >= 15 is 0 Å². The summed E-state index contributed by atoms with van der Waals surface area (Å²) in [6.45, 7) is 0. The number of nitrogens with two attached hydrogens (primary N) is 4. The number of thiocarbonyl (C=S) groups is 1. The van der Waals surface area contributed by atoms with Gasteiger partial charge in [-0.15, -0.1) is 0 Å². The lowest BCUT2D eigenvalue weighted by Gasteiger charge is -1.69. The molecule has 0 spiro atoms. The number of carbonyl (C=O) groups is 1. The number of guanidine groups is 1. The largest absolute Gasteiger partial charge is 0.370 e. The maximum atomic E-state index is 9.00. The van der Waals surface area contributed by atoms with Gasteiger partial charge in [-0.25, -0.2) is 10.2 Å². The molecule has 0 fully saturated rings. The van der Waals surface area contributed by atoms with E-state index in [0.717, 1.165) is 0 Å². The SMILES string of the molecule is N=C(N)N.N=C=S.NC(N)=O. The topological polar surface area (TPSA) is 169 Å². The van der Waals surface area contributed by atoms with Crippen LogP contribution in [0.5, 0.6) is 0 Å². The van der Waals surface area contributed by atoms with E-state index in [2.05, 4.69) is 35.2 Å². The van der Waals surface area contributed by atoms with E-state index in [9.17, 15) is 0 Å². The molecule has 7 nitrogen and oxygen atoms in total. The number of isothiocyanates is 1. The molecule has 0 aromatic rings. The van der Waals surface area contributed by atoms with E-state index in [1.165, 1.54) is 0 Å². The number of carbonyl (C=O) groups excluding carboxylic acids is 1. The van der Waals surface area contributed by atoms with Crippen molar-refractivity contribution in [1.82, 2.24) is 0 Å². The van der Waals surface area contributed by atoms with Gasteiger partial charge in [0.15, 0.2) is 5.96 Å². The fourth-order valence-corrected chi connectivity index (χ4v) is 0. The van der Waals surface area contributed by atoms with Gasteiger partial charge in [0, 0.05) is 0 Å². The summed E-state index contributed by atoms with van der Waals surface area (Å²) in [6, 6.07) is -0.833. The van der Waals surface area contributed by atoms with Crippen LogP contribution < -0.4 is 22.9 Å². The van der Waals surface area contributed by atoms with Gasteiger partial charge in [0.05, 0.1) is 5.16 Å². The highest BCUT2D eigenvalue weighted by Gasteiger charge is 1.60. The normalized spacial score (nSPS) is 5.09. The second-order valence-corrected chi connectivity index (χ2v) is 1.16. The number of nitrogens with one attached hydrogen (secondary N) is 2. The molecule has 8 heteroatoms. The van der Waals surface area contributed by atoms with Crippen LogP contribution in [0.15, 0.2) is 0 Å². The van der Waals surface area contributed by atoms with E-state index in [1.807, 2.05) is 0 Å². The summed E-state index contributed by atoms with van der Waals surface area (Å²) >= 11 is 3.81. The summed E-state index contributed by atoms with van der Waals surface area (Å²) in [5.74, 6) is -0.333. The third-order valence-corrected chi connectivity index (χ3v) is 0. The molecule has 0 aromatic carbocycles. The smallest absolute Gasteiger partial charge is 0.309 e. The summed E-state index contributed by atoms with van der Waals surface area (Å²) in [5, 5.41) is 13.4. The summed E-state index contributed by atoms with van der Waals surface area (Å²) in [5.41, 5.74) is 17.4. The zero-order chi connectivity index (χ0) is 9.86. The van der Waals surface area contributed by atoms with Gasteiger partial charge in [-0.2, -0.15) is 0 Å². The lowest BCUT2D eigenvalue weighted by molar-refractivity contribution is 0.256. The Hall–Kier alpha value is -1.66. The molecule has 0 saturated heterocycles. The quantitative estimate of drug-likeness (QED) is 0.151. The average Bonchev–Trinajstić information content (AvgIpc) is 1.60. The number of hydrogen-bond donors (Lipinski definition) is 6. The van der Waals surface area contributed by atoms with Gasteiger partial charge in [0.25, 0.3) is 0 Å². The van der Waals surface area contributed by atoms with Crippen LogP contribution in [0.25, 0.3) is 0 Å². The van der Waals surface area contributed by atoms with Crippen molar-refractivity contribution < 1.29 is 4.79 Å². The molecule has 0 bridgehead atoms. The number of rotatable bonds is 0. The Morgan fingerprint density at radius 2 is 1.27 bits per heavy atom. The Bertz CT molecular complexity index is 130. The fraction of sp³-hybridized carbons (Fsp3) is 0. The number of hydrogen-bond acceptors (Lipinski definition) is 4.